The van der Waals surface area contributed by atoms with E-state index in [9.17, 15) is 16.4 Å². The summed E-state index contributed by atoms with van der Waals surface area (Å²) >= 11 is 0. The second-order valence-electron chi connectivity index (χ2n) is 3.55. The van der Waals surface area contributed by atoms with E-state index < -0.39 is 35.6 Å². The van der Waals surface area contributed by atoms with E-state index in [0.29, 0.717) is 22.8 Å². The highest BCUT2D eigenvalue weighted by Crippen LogP contribution is 2.34. The first-order valence-corrected chi connectivity index (χ1v) is 12.3. The topological polar surface area (TPSA) is 36.9 Å². The molecule has 0 N–H and O–H groups in total. The zero-order valence-corrected chi connectivity index (χ0v) is 14.3. The quantitative estimate of drug-likeness (QED) is 0.439. The first-order chi connectivity index (χ1) is 9.07. The van der Waals surface area contributed by atoms with E-state index in [0.717, 1.165) is 0 Å². The fourth-order valence-electron chi connectivity index (χ4n) is 1.18. The third-order valence-electron chi connectivity index (χ3n) is 2.09. The third-order valence-corrected chi connectivity index (χ3v) is 12.9. The van der Waals surface area contributed by atoms with Crippen LogP contribution in [0.2, 0.25) is 0 Å². The number of hydrogen-bond donors (Lipinski definition) is 0. The fourth-order valence-corrected chi connectivity index (χ4v) is 12.1. The lowest BCUT2D eigenvalue weighted by Crippen LogP contribution is -2.64. The van der Waals surface area contributed by atoms with Crippen molar-refractivity contribution in [2.45, 2.75) is 0 Å². The molecule has 4 nitrogen and oxygen atoms in total. The van der Waals surface area contributed by atoms with E-state index in [1.54, 1.807) is 0 Å². The van der Waals surface area contributed by atoms with E-state index in [1.807, 2.05) is 0 Å². The summed E-state index contributed by atoms with van der Waals surface area (Å²) in [4.78, 5) is 0. The smallest absolute Gasteiger partial charge is 0.360 e. The highest BCUT2D eigenvalue weighted by atomic mass is 28.6. The second-order valence-corrected chi connectivity index (χ2v) is 13.1. The summed E-state index contributed by atoms with van der Waals surface area (Å²) < 4.78 is 74.7. The predicted molar refractivity (Wildman–Crippen MR) is 72.6 cm³/mol. The van der Waals surface area contributed by atoms with Gasteiger partial charge >= 0.3 is 35.6 Å². The highest BCUT2D eigenvalue weighted by molar-refractivity contribution is 6.93. The van der Waals surface area contributed by atoms with E-state index in [-0.39, 0.29) is 0 Å². The number of hydrogen-bond acceptors (Lipinski definition) is 4. The molecule has 12 heteroatoms. The molecule has 1 aliphatic rings. The van der Waals surface area contributed by atoms with Gasteiger partial charge in [0.25, 0.3) is 0 Å². The Morgan fingerprint density at radius 3 is 0.750 bits per heavy atom. The van der Waals surface area contributed by atoms with Gasteiger partial charge in [0.1, 0.15) is 0 Å². The van der Waals surface area contributed by atoms with Gasteiger partial charge in [-0.15, -0.1) is 0 Å². The largest absolute Gasteiger partial charge is 0.554 e. The van der Waals surface area contributed by atoms with Crippen LogP contribution in [-0.4, -0.2) is 35.6 Å². The molecule has 0 aromatic heterocycles. The summed E-state index contributed by atoms with van der Waals surface area (Å²) in [5.74, 6) is 0. The first-order valence-electron chi connectivity index (χ1n) is 5.18. The lowest BCUT2D eigenvalue weighted by molar-refractivity contribution is 0.150. The minimum absolute atomic E-state index is 0.482. The van der Waals surface area contributed by atoms with Gasteiger partial charge in [-0.25, -0.2) is 16.4 Å². The van der Waals surface area contributed by atoms with Gasteiger partial charge in [-0.3, -0.25) is 0 Å². The third kappa shape index (κ3) is 3.73. The molecule has 0 amide bonds. The van der Waals surface area contributed by atoms with E-state index in [4.69, 9.17) is 0 Å². The van der Waals surface area contributed by atoms with E-state index in [1.165, 1.54) is 0 Å². The van der Waals surface area contributed by atoms with Gasteiger partial charge in [-0.1, -0.05) is 26.3 Å². The van der Waals surface area contributed by atoms with Gasteiger partial charge in [0.15, 0.2) is 0 Å². The average molecular weight is 361 g/mol. The number of rotatable bonds is 4. The average Bonchev–Trinajstić information content (AvgIpc) is 2.36. The van der Waals surface area contributed by atoms with Crippen LogP contribution in [0.4, 0.5) is 16.4 Å². The van der Waals surface area contributed by atoms with Gasteiger partial charge in [0.05, 0.1) is 0 Å². The Bertz CT molecular complexity index is 360. The maximum absolute atomic E-state index is 14.2. The standard InChI is InChI=1S/C8H12F4O4Si4/c1-5-17(9)13-18(10,6-2)15-20(12,8-4)16-19(11,7-3)14-17/h5-8H,1-4H2. The SMILES string of the molecule is C=C[Si]1(F)O[Si](F)(C=C)O[Si](F)(C=C)O[Si](F)(C=C)O1. The Kier molecular flexibility index (Phi) is 4.92. The van der Waals surface area contributed by atoms with Crippen molar-refractivity contribution in [3.63, 3.8) is 0 Å². The zero-order chi connectivity index (χ0) is 15.7. The Morgan fingerprint density at radius 2 is 0.650 bits per heavy atom. The Labute approximate surface area is 118 Å². The molecule has 0 aliphatic carbocycles. The predicted octanol–water partition coefficient (Wildman–Crippen LogP) is 2.60. The van der Waals surface area contributed by atoms with Crippen LogP contribution in [0.15, 0.2) is 49.1 Å². The van der Waals surface area contributed by atoms with Gasteiger partial charge in [0, 0.05) is 0 Å². The normalized spacial score (nSPS) is 45.8. The zero-order valence-electron chi connectivity index (χ0n) is 10.3. The molecule has 1 fully saturated rings. The van der Waals surface area contributed by atoms with Gasteiger partial charge < -0.3 is 16.5 Å². The van der Waals surface area contributed by atoms with Crippen molar-refractivity contribution >= 4 is 35.6 Å². The summed E-state index contributed by atoms with van der Waals surface area (Å²) in [6, 6.07) is 0. The fraction of sp³-hybridized carbons (Fsp3) is 0. The molecule has 0 aromatic rings. The van der Waals surface area contributed by atoms with Crippen LogP contribution < -0.4 is 0 Å². The molecule has 0 saturated carbocycles. The first kappa shape index (κ1) is 17.4. The van der Waals surface area contributed by atoms with Crippen molar-refractivity contribution in [2.24, 2.45) is 0 Å². The number of halogens is 4. The van der Waals surface area contributed by atoms with Crippen molar-refractivity contribution in [3.05, 3.63) is 49.1 Å². The van der Waals surface area contributed by atoms with Crippen LogP contribution in [0.3, 0.4) is 0 Å². The maximum Gasteiger partial charge on any atom is 0.554 e. The second kappa shape index (κ2) is 5.64. The molecule has 1 saturated heterocycles. The van der Waals surface area contributed by atoms with E-state index >= 15 is 0 Å². The molecule has 0 radical (unpaired) electrons. The molecular weight excluding hydrogens is 348 g/mol. The Balaban J connectivity index is 3.31. The Hall–Kier alpha value is -0.612. The van der Waals surface area contributed by atoms with Crippen LogP contribution >= 0.6 is 0 Å². The van der Waals surface area contributed by atoms with Crippen LogP contribution in [-0.2, 0) is 16.5 Å². The lowest BCUT2D eigenvalue weighted by Gasteiger charge is -2.37. The lowest BCUT2D eigenvalue weighted by atomic mass is 11.3. The molecule has 112 valence electrons. The minimum atomic E-state index is -5.02. The van der Waals surface area contributed by atoms with Gasteiger partial charge in [0.2, 0.25) is 0 Å². The maximum atomic E-state index is 14.2. The van der Waals surface area contributed by atoms with Crippen LogP contribution in [0.5, 0.6) is 0 Å². The summed E-state index contributed by atoms with van der Waals surface area (Å²) in [6.45, 7) is 12.2. The van der Waals surface area contributed by atoms with Crippen molar-refractivity contribution < 1.29 is 32.9 Å². The molecule has 0 atom stereocenters. The monoisotopic (exact) mass is 360 g/mol. The van der Waals surface area contributed by atoms with E-state index in [2.05, 4.69) is 42.8 Å². The molecular formula is C8H12F4O4Si4. The molecule has 1 rings (SSSR count). The summed E-state index contributed by atoms with van der Waals surface area (Å²) in [5.41, 5.74) is 1.93. The molecule has 20 heavy (non-hydrogen) atoms. The molecule has 0 bridgehead atoms. The van der Waals surface area contributed by atoms with Crippen molar-refractivity contribution in [1.29, 1.82) is 0 Å². The molecule has 1 heterocycles. The van der Waals surface area contributed by atoms with Crippen molar-refractivity contribution in [3.8, 4) is 0 Å². The summed E-state index contributed by atoms with van der Waals surface area (Å²) in [5, 5.41) is 0. The van der Waals surface area contributed by atoms with Crippen LogP contribution in [0, 0.1) is 0 Å². The van der Waals surface area contributed by atoms with Crippen molar-refractivity contribution in [2.75, 3.05) is 0 Å². The molecule has 1 aliphatic heterocycles. The summed E-state index contributed by atoms with van der Waals surface area (Å²) in [6.07, 6.45) is 0. The van der Waals surface area contributed by atoms with Crippen LogP contribution in [0.1, 0.15) is 0 Å². The van der Waals surface area contributed by atoms with Crippen LogP contribution in [0.25, 0.3) is 0 Å². The molecule has 0 spiro atoms. The molecule has 0 aromatic carbocycles. The van der Waals surface area contributed by atoms with Gasteiger partial charge in [-0.05, 0) is 22.8 Å². The Morgan fingerprint density at radius 1 is 0.500 bits per heavy atom. The van der Waals surface area contributed by atoms with Crippen molar-refractivity contribution in [1.82, 2.24) is 0 Å². The summed E-state index contributed by atoms with van der Waals surface area (Å²) in [7, 11) is -20.1. The highest BCUT2D eigenvalue weighted by Gasteiger charge is 2.65. The minimum Gasteiger partial charge on any atom is -0.360 e. The molecule has 0 unspecified atom stereocenters. The van der Waals surface area contributed by atoms with Gasteiger partial charge in [-0.2, -0.15) is 0 Å².